The molecule has 106 valence electrons. The Hall–Kier alpha value is -1.10. The van der Waals surface area contributed by atoms with Gasteiger partial charge < -0.3 is 14.6 Å². The van der Waals surface area contributed by atoms with Crippen LogP contribution in [0, 0.1) is 13.8 Å². The molecule has 1 fully saturated rings. The van der Waals surface area contributed by atoms with Crippen LogP contribution in [0.2, 0.25) is 0 Å². The lowest BCUT2D eigenvalue weighted by Gasteiger charge is -2.35. The van der Waals surface area contributed by atoms with Crippen LogP contribution < -0.4 is 4.74 Å². The number of hydrogen-bond acceptors (Lipinski definition) is 4. The van der Waals surface area contributed by atoms with E-state index in [1.54, 1.807) is 7.11 Å². The van der Waals surface area contributed by atoms with Crippen LogP contribution in [0.4, 0.5) is 0 Å². The van der Waals surface area contributed by atoms with E-state index >= 15 is 0 Å². The van der Waals surface area contributed by atoms with Crippen molar-refractivity contribution in [2.45, 2.75) is 19.9 Å². The maximum Gasteiger partial charge on any atom is 0.124 e. The van der Waals surface area contributed by atoms with Gasteiger partial charge >= 0.3 is 0 Å². The second-order valence-corrected chi connectivity index (χ2v) is 5.04. The Kier molecular flexibility index (Phi) is 4.80. The summed E-state index contributed by atoms with van der Waals surface area (Å²) < 4.78 is 10.9. The Morgan fingerprint density at radius 1 is 1.32 bits per heavy atom. The number of benzene rings is 1. The Balaban J connectivity index is 2.36. The van der Waals surface area contributed by atoms with Crippen LogP contribution in [-0.4, -0.2) is 50.0 Å². The molecule has 1 aromatic rings. The van der Waals surface area contributed by atoms with E-state index in [4.69, 9.17) is 9.47 Å². The van der Waals surface area contributed by atoms with Crippen molar-refractivity contribution in [3.8, 4) is 5.75 Å². The Morgan fingerprint density at radius 3 is 2.58 bits per heavy atom. The van der Waals surface area contributed by atoms with E-state index in [1.807, 2.05) is 6.07 Å². The normalized spacial score (nSPS) is 18.3. The largest absolute Gasteiger partial charge is 0.496 e. The van der Waals surface area contributed by atoms with Crippen LogP contribution in [-0.2, 0) is 4.74 Å². The summed E-state index contributed by atoms with van der Waals surface area (Å²) in [5.74, 6) is 0.864. The average Bonchev–Trinajstić information content (AvgIpc) is 2.42. The van der Waals surface area contributed by atoms with E-state index in [1.165, 1.54) is 11.1 Å². The van der Waals surface area contributed by atoms with E-state index in [2.05, 4.69) is 24.8 Å². The summed E-state index contributed by atoms with van der Waals surface area (Å²) in [5, 5.41) is 9.81. The van der Waals surface area contributed by atoms with E-state index in [9.17, 15) is 5.11 Å². The van der Waals surface area contributed by atoms with Crippen molar-refractivity contribution in [3.63, 3.8) is 0 Å². The highest BCUT2D eigenvalue weighted by molar-refractivity contribution is 5.45. The topological polar surface area (TPSA) is 41.9 Å². The molecule has 0 bridgehead atoms. The van der Waals surface area contributed by atoms with Gasteiger partial charge in [-0.25, -0.2) is 0 Å². The number of morpholine rings is 1. The SMILES string of the molecule is COc1cc(C)cc(C)c1C(CO)N1CCOCC1. The predicted molar refractivity (Wildman–Crippen MR) is 74.7 cm³/mol. The van der Waals surface area contributed by atoms with E-state index in [-0.39, 0.29) is 12.6 Å². The lowest BCUT2D eigenvalue weighted by Crippen LogP contribution is -2.40. The molecule has 1 saturated heterocycles. The van der Waals surface area contributed by atoms with Gasteiger partial charge in [-0.3, -0.25) is 4.90 Å². The summed E-state index contributed by atoms with van der Waals surface area (Å²) in [5.41, 5.74) is 3.44. The number of aryl methyl sites for hydroxylation is 2. The lowest BCUT2D eigenvalue weighted by atomic mass is 9.96. The molecule has 1 aliphatic rings. The van der Waals surface area contributed by atoms with Gasteiger partial charge in [0.2, 0.25) is 0 Å². The number of nitrogens with zero attached hydrogens (tertiary/aromatic N) is 1. The smallest absolute Gasteiger partial charge is 0.124 e. The third-order valence-corrected chi connectivity index (χ3v) is 3.71. The molecule has 1 unspecified atom stereocenters. The fourth-order valence-corrected chi connectivity index (χ4v) is 2.81. The molecular formula is C15H23NO3. The maximum atomic E-state index is 9.81. The van der Waals surface area contributed by atoms with Gasteiger partial charge in [-0.2, -0.15) is 0 Å². The van der Waals surface area contributed by atoms with Crippen molar-refractivity contribution in [1.82, 2.24) is 4.90 Å². The van der Waals surface area contributed by atoms with Crippen LogP contribution in [0.1, 0.15) is 22.7 Å². The zero-order valence-electron chi connectivity index (χ0n) is 12.0. The van der Waals surface area contributed by atoms with Gasteiger partial charge in [0.05, 0.1) is 33.0 Å². The molecule has 0 aliphatic carbocycles. The third-order valence-electron chi connectivity index (χ3n) is 3.71. The van der Waals surface area contributed by atoms with Crippen molar-refractivity contribution in [3.05, 3.63) is 28.8 Å². The summed E-state index contributed by atoms with van der Waals surface area (Å²) in [4.78, 5) is 2.27. The molecule has 1 aliphatic heterocycles. The second kappa shape index (κ2) is 6.37. The lowest BCUT2D eigenvalue weighted by molar-refractivity contribution is 0.00188. The Morgan fingerprint density at radius 2 is 2.00 bits per heavy atom. The zero-order chi connectivity index (χ0) is 13.8. The molecule has 1 N–H and O–H groups in total. The number of aliphatic hydroxyl groups is 1. The van der Waals surface area contributed by atoms with Crippen molar-refractivity contribution in [1.29, 1.82) is 0 Å². The molecule has 1 heterocycles. The zero-order valence-corrected chi connectivity index (χ0v) is 12.0. The number of methoxy groups -OCH3 is 1. The summed E-state index contributed by atoms with van der Waals surface area (Å²) in [7, 11) is 1.69. The average molecular weight is 265 g/mol. The molecule has 1 aromatic carbocycles. The fraction of sp³-hybridized carbons (Fsp3) is 0.600. The van der Waals surface area contributed by atoms with Crippen molar-refractivity contribution in [2.24, 2.45) is 0 Å². The molecule has 0 saturated carbocycles. The van der Waals surface area contributed by atoms with E-state index in [0.29, 0.717) is 0 Å². The first-order chi connectivity index (χ1) is 9.17. The van der Waals surface area contributed by atoms with Crippen LogP contribution in [0.5, 0.6) is 5.75 Å². The highest BCUT2D eigenvalue weighted by Gasteiger charge is 2.26. The molecular weight excluding hydrogens is 242 g/mol. The minimum Gasteiger partial charge on any atom is -0.496 e. The minimum atomic E-state index is -0.0144. The van der Waals surface area contributed by atoms with Crippen LogP contribution in [0.15, 0.2) is 12.1 Å². The highest BCUT2D eigenvalue weighted by atomic mass is 16.5. The van der Waals surface area contributed by atoms with Gasteiger partial charge in [0.1, 0.15) is 5.75 Å². The first-order valence-electron chi connectivity index (χ1n) is 6.75. The van der Waals surface area contributed by atoms with Crippen molar-refractivity contribution < 1.29 is 14.6 Å². The summed E-state index contributed by atoms with van der Waals surface area (Å²) >= 11 is 0. The second-order valence-electron chi connectivity index (χ2n) is 5.04. The van der Waals surface area contributed by atoms with Crippen LogP contribution in [0.25, 0.3) is 0 Å². The Labute approximate surface area is 114 Å². The number of aliphatic hydroxyl groups excluding tert-OH is 1. The van der Waals surface area contributed by atoms with E-state index < -0.39 is 0 Å². The standard InChI is InChI=1S/C15H23NO3/c1-11-8-12(2)15(14(9-11)18-3)13(10-17)16-4-6-19-7-5-16/h8-9,13,17H,4-7,10H2,1-3H3. The molecule has 0 spiro atoms. The van der Waals surface area contributed by atoms with Gasteiger partial charge in [0.25, 0.3) is 0 Å². The quantitative estimate of drug-likeness (QED) is 0.899. The van der Waals surface area contributed by atoms with E-state index in [0.717, 1.165) is 37.6 Å². The summed E-state index contributed by atoms with van der Waals surface area (Å²) in [6, 6.07) is 4.16. The summed E-state index contributed by atoms with van der Waals surface area (Å²) in [6.07, 6.45) is 0. The van der Waals surface area contributed by atoms with Crippen LogP contribution >= 0.6 is 0 Å². The monoisotopic (exact) mass is 265 g/mol. The van der Waals surface area contributed by atoms with Gasteiger partial charge in [-0.1, -0.05) is 6.07 Å². The first kappa shape index (κ1) is 14.3. The van der Waals surface area contributed by atoms with Gasteiger partial charge in [-0.05, 0) is 31.0 Å². The Bertz CT molecular complexity index is 428. The predicted octanol–water partition coefficient (Wildman–Crippen LogP) is 1.68. The molecule has 1 atom stereocenters. The van der Waals surface area contributed by atoms with Crippen LogP contribution in [0.3, 0.4) is 0 Å². The first-order valence-corrected chi connectivity index (χ1v) is 6.75. The summed E-state index contributed by atoms with van der Waals surface area (Å²) in [6.45, 7) is 7.38. The number of rotatable bonds is 4. The molecule has 0 radical (unpaired) electrons. The van der Waals surface area contributed by atoms with Gasteiger partial charge in [0, 0.05) is 18.7 Å². The van der Waals surface area contributed by atoms with Gasteiger partial charge in [-0.15, -0.1) is 0 Å². The number of ether oxygens (including phenoxy) is 2. The third kappa shape index (κ3) is 3.08. The fourth-order valence-electron chi connectivity index (χ4n) is 2.81. The van der Waals surface area contributed by atoms with Crippen molar-refractivity contribution in [2.75, 3.05) is 40.0 Å². The molecule has 0 aromatic heterocycles. The van der Waals surface area contributed by atoms with Crippen molar-refractivity contribution >= 4 is 0 Å². The molecule has 4 nitrogen and oxygen atoms in total. The molecule has 19 heavy (non-hydrogen) atoms. The maximum absolute atomic E-state index is 9.81. The minimum absolute atomic E-state index is 0.0144. The number of hydrogen-bond donors (Lipinski definition) is 1. The molecule has 0 amide bonds. The highest BCUT2D eigenvalue weighted by Crippen LogP contribution is 2.33. The molecule has 4 heteroatoms. The van der Waals surface area contributed by atoms with Gasteiger partial charge in [0.15, 0.2) is 0 Å². The molecule has 2 rings (SSSR count).